The molecule has 6 nitrogen and oxygen atoms in total. The molecular weight excluding hydrogens is 388 g/mol. The smallest absolute Gasteiger partial charge is 0.338 e. The number of rotatable bonds is 12. The number of ether oxygens (including phenoxy) is 1. The number of esters is 1. The van der Waals surface area contributed by atoms with Gasteiger partial charge < -0.3 is 4.74 Å². The molecule has 1 atom stereocenters. The minimum atomic E-state index is -3.68. The Morgan fingerprint density at radius 3 is 2.07 bits per heavy atom. The van der Waals surface area contributed by atoms with E-state index in [2.05, 4.69) is 0 Å². The molecule has 0 saturated heterocycles. The Labute approximate surface area is 163 Å². The van der Waals surface area contributed by atoms with E-state index in [0.717, 1.165) is 5.56 Å². The quantitative estimate of drug-likeness (QED) is 0.484. The first kappa shape index (κ1) is 23.6. The molecule has 0 aromatic heterocycles. The maximum absolute atomic E-state index is 12.6. The predicted molar refractivity (Wildman–Crippen MR) is 108 cm³/mol. The van der Waals surface area contributed by atoms with E-state index >= 15 is 0 Å². The van der Waals surface area contributed by atoms with E-state index < -0.39 is 43.3 Å². The molecule has 0 N–H and O–H groups in total. The number of aryl methyl sites for hydroxylation is 1. The lowest BCUT2D eigenvalue weighted by Crippen LogP contribution is -2.37. The predicted octanol–water partition coefficient (Wildman–Crippen LogP) is 2.95. The van der Waals surface area contributed by atoms with E-state index in [1.807, 2.05) is 20.8 Å². The largest absolute Gasteiger partial charge is 0.461 e. The van der Waals surface area contributed by atoms with Crippen LogP contribution in [0.3, 0.4) is 0 Å². The van der Waals surface area contributed by atoms with Crippen LogP contribution in [-0.4, -0.2) is 51.9 Å². The molecule has 0 fully saturated rings. The molecule has 0 amide bonds. The first-order valence-corrected chi connectivity index (χ1v) is 12.8. The van der Waals surface area contributed by atoms with Gasteiger partial charge in [0.05, 0.1) is 22.8 Å². The van der Waals surface area contributed by atoms with Crippen molar-refractivity contribution in [3.8, 4) is 0 Å². The number of benzene rings is 1. The summed E-state index contributed by atoms with van der Waals surface area (Å²) in [6.45, 7) is 5.16. The van der Waals surface area contributed by atoms with Gasteiger partial charge in [0.15, 0.2) is 19.7 Å². The van der Waals surface area contributed by atoms with Crippen molar-refractivity contribution >= 4 is 25.6 Å². The summed E-state index contributed by atoms with van der Waals surface area (Å²) in [4.78, 5) is 12.2. The van der Waals surface area contributed by atoms with Crippen molar-refractivity contribution in [1.82, 2.24) is 0 Å². The fourth-order valence-corrected chi connectivity index (χ4v) is 6.75. The van der Waals surface area contributed by atoms with Crippen molar-refractivity contribution < 1.29 is 26.4 Å². The van der Waals surface area contributed by atoms with Crippen LogP contribution >= 0.6 is 0 Å². The number of carbonyl (C=O) groups is 1. The Morgan fingerprint density at radius 1 is 0.963 bits per heavy atom. The third-order valence-electron chi connectivity index (χ3n) is 4.23. The van der Waals surface area contributed by atoms with Gasteiger partial charge in [0.2, 0.25) is 0 Å². The molecule has 0 aliphatic rings. The van der Waals surface area contributed by atoms with E-state index in [4.69, 9.17) is 4.74 Å². The Morgan fingerprint density at radius 2 is 1.52 bits per heavy atom. The molecule has 0 saturated carbocycles. The molecule has 8 heteroatoms. The zero-order valence-electron chi connectivity index (χ0n) is 16.3. The maximum Gasteiger partial charge on any atom is 0.338 e. The first-order valence-electron chi connectivity index (χ1n) is 9.27. The number of unbranched alkanes of at least 4 members (excludes halogenated alkanes) is 2. The molecule has 0 spiro atoms. The molecule has 27 heavy (non-hydrogen) atoms. The van der Waals surface area contributed by atoms with Crippen molar-refractivity contribution in [3.05, 3.63) is 35.4 Å². The number of carbonyl (C=O) groups excluding carboxylic acids is 1. The van der Waals surface area contributed by atoms with Gasteiger partial charge in [-0.3, -0.25) is 0 Å². The van der Waals surface area contributed by atoms with Gasteiger partial charge in [0.25, 0.3) is 0 Å². The van der Waals surface area contributed by atoms with Crippen LogP contribution in [0.2, 0.25) is 0 Å². The number of hydrogen-bond donors (Lipinski definition) is 0. The monoisotopic (exact) mass is 418 g/mol. The lowest BCUT2D eigenvalue weighted by molar-refractivity contribution is 0.0509. The van der Waals surface area contributed by atoms with Crippen molar-refractivity contribution in [2.24, 2.45) is 0 Å². The van der Waals surface area contributed by atoms with Gasteiger partial charge in [-0.25, -0.2) is 21.6 Å². The van der Waals surface area contributed by atoms with Crippen molar-refractivity contribution in [2.45, 2.75) is 51.7 Å². The average molecular weight is 419 g/mol. The van der Waals surface area contributed by atoms with Crippen LogP contribution in [0.4, 0.5) is 0 Å². The fourth-order valence-electron chi connectivity index (χ4n) is 2.44. The van der Waals surface area contributed by atoms with Crippen LogP contribution in [0.1, 0.15) is 55.5 Å². The third-order valence-corrected chi connectivity index (χ3v) is 8.43. The zero-order chi connectivity index (χ0) is 20.5. The highest BCUT2D eigenvalue weighted by Crippen LogP contribution is 2.13. The highest BCUT2D eigenvalue weighted by atomic mass is 32.2. The van der Waals surface area contributed by atoms with Crippen molar-refractivity contribution in [2.75, 3.05) is 23.9 Å². The SMILES string of the molecule is CCCCS(=O)(=O)C[C@H](COC(=O)c1ccc(C)cc1)S(=O)(=O)CCCC. The van der Waals surface area contributed by atoms with Crippen LogP contribution in [0.25, 0.3) is 0 Å². The molecule has 1 aromatic rings. The molecule has 0 unspecified atom stereocenters. The number of sulfone groups is 2. The zero-order valence-corrected chi connectivity index (χ0v) is 17.9. The second-order valence-electron chi connectivity index (χ2n) is 6.77. The van der Waals surface area contributed by atoms with Gasteiger partial charge in [0, 0.05) is 0 Å². The van der Waals surface area contributed by atoms with Gasteiger partial charge in [-0.2, -0.15) is 0 Å². The Hall–Kier alpha value is -1.41. The molecule has 0 heterocycles. The van der Waals surface area contributed by atoms with Crippen LogP contribution < -0.4 is 0 Å². The van der Waals surface area contributed by atoms with E-state index in [-0.39, 0.29) is 11.5 Å². The van der Waals surface area contributed by atoms with Crippen molar-refractivity contribution in [3.63, 3.8) is 0 Å². The van der Waals surface area contributed by atoms with E-state index in [1.54, 1.807) is 24.3 Å². The summed E-state index contributed by atoms with van der Waals surface area (Å²) in [6.07, 6.45) is 2.31. The van der Waals surface area contributed by atoms with Crippen LogP contribution in [0.5, 0.6) is 0 Å². The second kappa shape index (κ2) is 10.8. The van der Waals surface area contributed by atoms with Gasteiger partial charge in [0.1, 0.15) is 11.9 Å². The number of hydrogen-bond acceptors (Lipinski definition) is 6. The summed E-state index contributed by atoms with van der Waals surface area (Å²) >= 11 is 0. The Balaban J connectivity index is 2.90. The fraction of sp³-hybridized carbons (Fsp3) is 0.632. The maximum atomic E-state index is 12.6. The normalized spacial score (nSPS) is 13.3. The molecule has 0 aliphatic carbocycles. The van der Waals surface area contributed by atoms with E-state index in [9.17, 15) is 21.6 Å². The Kier molecular flexibility index (Phi) is 9.45. The molecule has 1 rings (SSSR count). The lowest BCUT2D eigenvalue weighted by Gasteiger charge is -2.18. The summed E-state index contributed by atoms with van der Waals surface area (Å²) in [5, 5.41) is -1.24. The van der Waals surface area contributed by atoms with Crippen molar-refractivity contribution in [1.29, 1.82) is 0 Å². The summed E-state index contributed by atoms with van der Waals surface area (Å²) < 4.78 is 54.9. The summed E-state index contributed by atoms with van der Waals surface area (Å²) in [6, 6.07) is 6.69. The van der Waals surface area contributed by atoms with Gasteiger partial charge >= 0.3 is 5.97 Å². The van der Waals surface area contributed by atoms with Gasteiger partial charge in [-0.1, -0.05) is 44.4 Å². The molecule has 0 bridgehead atoms. The van der Waals surface area contributed by atoms with Gasteiger partial charge in [-0.15, -0.1) is 0 Å². The Bertz CT molecular complexity index is 795. The van der Waals surface area contributed by atoms with Crippen LogP contribution in [-0.2, 0) is 24.4 Å². The summed E-state index contributed by atoms with van der Waals surface area (Å²) in [5.74, 6) is -1.34. The third kappa shape index (κ3) is 8.43. The van der Waals surface area contributed by atoms with Gasteiger partial charge in [-0.05, 0) is 31.9 Å². The van der Waals surface area contributed by atoms with Crippen LogP contribution in [0, 0.1) is 6.92 Å². The summed E-state index contributed by atoms with van der Waals surface area (Å²) in [7, 11) is -7.22. The standard InChI is InChI=1S/C19H30O6S2/c1-4-6-12-26(21,22)15-18(27(23,24)13-7-5-2)14-25-19(20)17-10-8-16(3)9-11-17/h8-11,18H,4-7,12-15H2,1-3H3/t18-/m0/s1. The lowest BCUT2D eigenvalue weighted by atomic mass is 10.1. The second-order valence-corrected chi connectivity index (χ2v) is 11.4. The van der Waals surface area contributed by atoms with E-state index in [1.165, 1.54) is 0 Å². The topological polar surface area (TPSA) is 94.6 Å². The minimum Gasteiger partial charge on any atom is -0.461 e. The first-order chi connectivity index (χ1) is 12.6. The molecule has 0 radical (unpaired) electrons. The van der Waals surface area contributed by atoms with E-state index in [0.29, 0.717) is 31.2 Å². The molecule has 0 aliphatic heterocycles. The molecular formula is C19H30O6S2. The molecule has 154 valence electrons. The summed E-state index contributed by atoms with van der Waals surface area (Å²) in [5.41, 5.74) is 1.28. The minimum absolute atomic E-state index is 0.0603. The highest BCUT2D eigenvalue weighted by molar-refractivity contribution is 7.95. The molecule has 1 aromatic carbocycles. The van der Waals surface area contributed by atoms with Crippen LogP contribution in [0.15, 0.2) is 24.3 Å². The average Bonchev–Trinajstić information content (AvgIpc) is 2.62. The highest BCUT2D eigenvalue weighted by Gasteiger charge is 2.31.